The number of imide groups is 1. The van der Waals surface area contributed by atoms with Gasteiger partial charge in [0, 0.05) is 7.05 Å². The highest BCUT2D eigenvalue weighted by molar-refractivity contribution is 6.11. The average Bonchev–Trinajstić information content (AvgIpc) is 2.75. The molecule has 116 valence electrons. The number of nitrogens with zero attached hydrogens (tertiary/aromatic N) is 1. The molecule has 5 rings (SSSR count). The number of benzene rings is 1. The highest BCUT2D eigenvalue weighted by Gasteiger charge is 2.68. The lowest BCUT2D eigenvalue weighted by molar-refractivity contribution is -0.139. The second-order valence-corrected chi connectivity index (χ2v) is 6.79. The van der Waals surface area contributed by atoms with Crippen molar-refractivity contribution in [2.75, 3.05) is 7.05 Å². The molecule has 3 saturated carbocycles. The Morgan fingerprint density at radius 2 is 1.77 bits per heavy atom. The van der Waals surface area contributed by atoms with Crippen LogP contribution in [0.25, 0.3) is 0 Å². The van der Waals surface area contributed by atoms with E-state index >= 15 is 0 Å². The van der Waals surface area contributed by atoms with Crippen LogP contribution in [0.3, 0.4) is 0 Å². The number of hydrogen-bond acceptors (Lipinski definition) is 2. The fourth-order valence-electron chi connectivity index (χ4n) is 5.12. The molecule has 3 nitrogen and oxygen atoms in total. The van der Waals surface area contributed by atoms with Gasteiger partial charge in [0.05, 0.1) is 11.3 Å². The molecule has 2 bridgehead atoms. The summed E-state index contributed by atoms with van der Waals surface area (Å²) in [4.78, 5) is 26.8. The van der Waals surface area contributed by atoms with Crippen molar-refractivity contribution in [3.8, 4) is 0 Å². The zero-order valence-corrected chi connectivity index (χ0v) is 12.3. The monoisotopic (exact) mass is 305 g/mol. The number of carbonyl (C=O) groups is 2. The van der Waals surface area contributed by atoms with Crippen LogP contribution in [0.2, 0.25) is 0 Å². The van der Waals surface area contributed by atoms with Crippen molar-refractivity contribution in [3.05, 3.63) is 35.4 Å². The summed E-state index contributed by atoms with van der Waals surface area (Å²) >= 11 is 0. The Bertz CT molecular complexity index is 681. The van der Waals surface area contributed by atoms with Crippen LogP contribution in [0.4, 0.5) is 8.78 Å². The molecule has 0 aromatic heterocycles. The Kier molecular flexibility index (Phi) is 2.75. The van der Waals surface area contributed by atoms with Crippen molar-refractivity contribution < 1.29 is 18.4 Å². The number of likely N-dealkylation sites (N-methyl/N-ethyl adjacent to an activating group) is 1. The van der Waals surface area contributed by atoms with Gasteiger partial charge in [-0.1, -0.05) is 6.07 Å². The predicted molar refractivity (Wildman–Crippen MR) is 74.8 cm³/mol. The SMILES string of the molecule is CN1C(=O)C2C3CCC(CC3)C2(c2ccc(F)c(F)c2)C1=O. The van der Waals surface area contributed by atoms with Gasteiger partial charge in [-0.2, -0.15) is 0 Å². The zero-order valence-electron chi connectivity index (χ0n) is 12.3. The molecule has 1 saturated heterocycles. The van der Waals surface area contributed by atoms with Gasteiger partial charge in [-0.25, -0.2) is 8.78 Å². The van der Waals surface area contributed by atoms with Crippen LogP contribution >= 0.6 is 0 Å². The fraction of sp³-hybridized carbons (Fsp3) is 0.529. The molecule has 4 fully saturated rings. The van der Waals surface area contributed by atoms with Crippen LogP contribution in [0.1, 0.15) is 31.2 Å². The molecule has 1 aromatic rings. The predicted octanol–water partition coefficient (Wildman–Crippen LogP) is 2.64. The van der Waals surface area contributed by atoms with Crippen LogP contribution in [0, 0.1) is 29.4 Å². The van der Waals surface area contributed by atoms with Gasteiger partial charge in [0.2, 0.25) is 11.8 Å². The lowest BCUT2D eigenvalue weighted by atomic mass is 9.49. The minimum Gasteiger partial charge on any atom is -0.285 e. The van der Waals surface area contributed by atoms with E-state index in [1.165, 1.54) is 18.0 Å². The zero-order chi connectivity index (χ0) is 15.6. The molecule has 1 heterocycles. The molecule has 2 amide bonds. The Labute approximate surface area is 127 Å². The smallest absolute Gasteiger partial charge is 0.240 e. The first-order valence-electron chi connectivity index (χ1n) is 7.75. The molecule has 1 aliphatic heterocycles. The molecule has 2 atom stereocenters. The molecule has 0 N–H and O–H groups in total. The summed E-state index contributed by atoms with van der Waals surface area (Å²) < 4.78 is 27.1. The van der Waals surface area contributed by atoms with Crippen LogP contribution < -0.4 is 0 Å². The van der Waals surface area contributed by atoms with Gasteiger partial charge in [0.25, 0.3) is 0 Å². The van der Waals surface area contributed by atoms with Gasteiger partial charge in [0.15, 0.2) is 11.6 Å². The summed E-state index contributed by atoms with van der Waals surface area (Å²) in [5.41, 5.74) is -0.518. The number of rotatable bonds is 1. The number of amides is 2. The lowest BCUT2D eigenvalue weighted by Crippen LogP contribution is -2.55. The largest absolute Gasteiger partial charge is 0.285 e. The van der Waals surface area contributed by atoms with Gasteiger partial charge >= 0.3 is 0 Å². The third-order valence-electron chi connectivity index (χ3n) is 6.03. The average molecular weight is 305 g/mol. The summed E-state index contributed by atoms with van der Waals surface area (Å²) in [7, 11) is 1.50. The quantitative estimate of drug-likeness (QED) is 0.748. The fourth-order valence-corrected chi connectivity index (χ4v) is 5.12. The van der Waals surface area contributed by atoms with Gasteiger partial charge in [-0.15, -0.1) is 0 Å². The summed E-state index contributed by atoms with van der Waals surface area (Å²) in [6.07, 6.45) is 3.61. The lowest BCUT2D eigenvalue weighted by Gasteiger charge is -2.51. The van der Waals surface area contributed by atoms with Crippen LogP contribution in [0.15, 0.2) is 18.2 Å². The number of hydrogen-bond donors (Lipinski definition) is 0. The van der Waals surface area contributed by atoms with Crippen molar-refractivity contribution in [2.24, 2.45) is 17.8 Å². The molecular formula is C17H17F2NO2. The highest BCUT2D eigenvalue weighted by Crippen LogP contribution is 2.61. The van der Waals surface area contributed by atoms with E-state index in [0.29, 0.717) is 5.56 Å². The molecular weight excluding hydrogens is 288 g/mol. The van der Waals surface area contributed by atoms with E-state index in [9.17, 15) is 18.4 Å². The van der Waals surface area contributed by atoms with Crippen molar-refractivity contribution in [2.45, 2.75) is 31.1 Å². The van der Waals surface area contributed by atoms with E-state index < -0.39 is 23.0 Å². The second-order valence-electron chi connectivity index (χ2n) is 6.79. The van der Waals surface area contributed by atoms with E-state index in [-0.39, 0.29) is 23.7 Å². The Morgan fingerprint density at radius 1 is 1.09 bits per heavy atom. The number of likely N-dealkylation sites (tertiary alicyclic amines) is 1. The maximum Gasteiger partial charge on any atom is 0.240 e. The maximum atomic E-state index is 13.8. The van der Waals surface area contributed by atoms with Crippen molar-refractivity contribution in [1.82, 2.24) is 4.90 Å². The molecule has 2 unspecified atom stereocenters. The first-order chi connectivity index (χ1) is 10.5. The third-order valence-corrected chi connectivity index (χ3v) is 6.03. The van der Waals surface area contributed by atoms with Crippen molar-refractivity contribution in [3.63, 3.8) is 0 Å². The van der Waals surface area contributed by atoms with E-state index in [0.717, 1.165) is 37.8 Å². The molecule has 0 spiro atoms. The Hall–Kier alpha value is -1.78. The van der Waals surface area contributed by atoms with Crippen molar-refractivity contribution >= 4 is 11.8 Å². The minimum atomic E-state index is -0.985. The standard InChI is InChI=1S/C17H17F2NO2/c1-20-15(21)14-9-2-4-10(5-3-9)17(14,16(20)22)11-6-7-12(18)13(19)8-11/h6-10,14H,2-5H2,1H3. The Balaban J connectivity index is 1.96. The second kappa shape index (κ2) is 4.37. The molecule has 5 heteroatoms. The van der Waals surface area contributed by atoms with Crippen molar-refractivity contribution in [1.29, 1.82) is 0 Å². The van der Waals surface area contributed by atoms with Gasteiger partial charge in [-0.05, 0) is 55.2 Å². The van der Waals surface area contributed by atoms with Gasteiger partial charge < -0.3 is 0 Å². The number of carbonyl (C=O) groups excluding carboxylic acids is 2. The summed E-state index contributed by atoms with van der Waals surface area (Å²) in [5.74, 6) is -2.51. The van der Waals surface area contributed by atoms with Crippen LogP contribution in [-0.2, 0) is 15.0 Å². The first kappa shape index (κ1) is 13.9. The van der Waals surface area contributed by atoms with E-state index in [4.69, 9.17) is 0 Å². The topological polar surface area (TPSA) is 37.4 Å². The minimum absolute atomic E-state index is 0.0359. The summed E-state index contributed by atoms with van der Waals surface area (Å²) in [5, 5.41) is 0. The number of fused-ring (bicyclic) bond motifs is 2. The maximum absolute atomic E-state index is 13.8. The van der Waals surface area contributed by atoms with Gasteiger partial charge in [0.1, 0.15) is 0 Å². The molecule has 4 aliphatic rings. The van der Waals surface area contributed by atoms with Gasteiger partial charge in [-0.3, -0.25) is 14.5 Å². The molecule has 0 radical (unpaired) electrons. The normalized spacial score (nSPS) is 36.9. The molecule has 1 aromatic carbocycles. The molecule has 3 aliphatic carbocycles. The van der Waals surface area contributed by atoms with Crippen LogP contribution in [0.5, 0.6) is 0 Å². The summed E-state index contributed by atoms with van der Waals surface area (Å²) in [6.45, 7) is 0. The third kappa shape index (κ3) is 1.44. The van der Waals surface area contributed by atoms with E-state index in [2.05, 4.69) is 0 Å². The van der Waals surface area contributed by atoms with E-state index in [1.807, 2.05) is 0 Å². The van der Waals surface area contributed by atoms with Crippen LogP contribution in [-0.4, -0.2) is 23.8 Å². The summed E-state index contributed by atoms with van der Waals surface area (Å²) in [6, 6.07) is 3.67. The number of halogens is 2. The van der Waals surface area contributed by atoms with E-state index in [1.54, 1.807) is 0 Å². The Morgan fingerprint density at radius 3 is 2.41 bits per heavy atom. The highest BCUT2D eigenvalue weighted by atomic mass is 19.2. The molecule has 22 heavy (non-hydrogen) atoms. The first-order valence-corrected chi connectivity index (χ1v) is 7.75.